The minimum atomic E-state index is 0.0456. The fourth-order valence-corrected chi connectivity index (χ4v) is 3.18. The van der Waals surface area contributed by atoms with Gasteiger partial charge in [0.2, 0.25) is 0 Å². The maximum Gasteiger partial charge on any atom is 0.253 e. The van der Waals surface area contributed by atoms with E-state index < -0.39 is 0 Å². The van der Waals surface area contributed by atoms with Crippen molar-refractivity contribution in [1.82, 2.24) is 4.90 Å². The van der Waals surface area contributed by atoms with Crippen LogP contribution in [0.5, 0.6) is 5.75 Å². The van der Waals surface area contributed by atoms with Crippen molar-refractivity contribution in [3.8, 4) is 5.75 Å². The Hall–Kier alpha value is -1.71. The van der Waals surface area contributed by atoms with E-state index in [0.29, 0.717) is 23.0 Å². The van der Waals surface area contributed by atoms with Crippen LogP contribution in [0, 0.1) is 5.92 Å². The Balaban J connectivity index is 2.04. The first kappa shape index (κ1) is 15.7. The lowest BCUT2D eigenvalue weighted by atomic mass is 9.84. The fourth-order valence-electron chi connectivity index (χ4n) is 3.18. The van der Waals surface area contributed by atoms with E-state index in [9.17, 15) is 4.79 Å². The molecule has 1 aromatic rings. The zero-order chi connectivity index (χ0) is 15.4. The Bertz CT molecular complexity index is 494. The second kappa shape index (κ2) is 6.83. The van der Waals surface area contributed by atoms with E-state index in [1.54, 1.807) is 25.3 Å². The van der Waals surface area contributed by atoms with Crippen LogP contribution in [0.15, 0.2) is 18.2 Å². The van der Waals surface area contributed by atoms with E-state index in [1.807, 2.05) is 11.9 Å². The van der Waals surface area contributed by atoms with Gasteiger partial charge >= 0.3 is 0 Å². The first-order valence-corrected chi connectivity index (χ1v) is 7.77. The minimum absolute atomic E-state index is 0.0456. The van der Waals surface area contributed by atoms with Gasteiger partial charge in [-0.15, -0.1) is 0 Å². The summed E-state index contributed by atoms with van der Waals surface area (Å²) in [6.45, 7) is 2.25. The topological polar surface area (TPSA) is 55.6 Å². The molecule has 4 nitrogen and oxygen atoms in total. The molecule has 0 heterocycles. The summed E-state index contributed by atoms with van der Waals surface area (Å²) in [4.78, 5) is 14.5. The lowest BCUT2D eigenvalue weighted by molar-refractivity contribution is 0.0674. The molecule has 21 heavy (non-hydrogen) atoms. The molecule has 0 radical (unpaired) electrons. The standard InChI is InChI=1S/C17H26N2O2/c1-4-12-5-8-14(9-6-12)19(2)17(20)13-7-10-16(21-3)15(18)11-13/h7,10-12,14H,4-6,8-9,18H2,1-3H3. The van der Waals surface area contributed by atoms with Gasteiger partial charge in [-0.1, -0.05) is 13.3 Å². The highest BCUT2D eigenvalue weighted by molar-refractivity contribution is 5.95. The second-order valence-corrected chi connectivity index (χ2v) is 5.96. The van der Waals surface area contributed by atoms with E-state index in [2.05, 4.69) is 6.92 Å². The first-order chi connectivity index (χ1) is 10.1. The summed E-state index contributed by atoms with van der Waals surface area (Å²) in [7, 11) is 3.48. The summed E-state index contributed by atoms with van der Waals surface area (Å²) < 4.78 is 5.13. The molecule has 1 fully saturated rings. The van der Waals surface area contributed by atoms with Crippen LogP contribution in [0.1, 0.15) is 49.4 Å². The first-order valence-electron chi connectivity index (χ1n) is 7.77. The monoisotopic (exact) mass is 290 g/mol. The summed E-state index contributed by atoms with van der Waals surface area (Å²) >= 11 is 0. The predicted octanol–water partition coefficient (Wildman–Crippen LogP) is 3.32. The number of anilines is 1. The third-order valence-electron chi connectivity index (χ3n) is 4.74. The van der Waals surface area contributed by atoms with Crippen LogP contribution in [0.25, 0.3) is 0 Å². The molecule has 116 valence electrons. The normalized spacial score (nSPS) is 21.9. The minimum Gasteiger partial charge on any atom is -0.495 e. The number of carbonyl (C=O) groups excluding carboxylic acids is 1. The number of amides is 1. The maximum absolute atomic E-state index is 12.6. The molecule has 1 saturated carbocycles. The van der Waals surface area contributed by atoms with Crippen molar-refractivity contribution >= 4 is 11.6 Å². The number of nitrogens with zero attached hydrogens (tertiary/aromatic N) is 1. The molecular formula is C17H26N2O2. The average Bonchev–Trinajstić information content (AvgIpc) is 2.53. The summed E-state index contributed by atoms with van der Waals surface area (Å²) in [5.41, 5.74) is 7.03. The molecule has 1 aromatic carbocycles. The number of hydrogen-bond acceptors (Lipinski definition) is 3. The van der Waals surface area contributed by atoms with E-state index >= 15 is 0 Å². The number of ether oxygens (including phenoxy) is 1. The molecule has 0 saturated heterocycles. The SMILES string of the molecule is CCC1CCC(N(C)C(=O)c2ccc(OC)c(N)c2)CC1. The van der Waals surface area contributed by atoms with Crippen LogP contribution >= 0.6 is 0 Å². The van der Waals surface area contributed by atoms with Gasteiger partial charge in [-0.25, -0.2) is 0 Å². The summed E-state index contributed by atoms with van der Waals surface area (Å²) in [5.74, 6) is 1.49. The van der Waals surface area contributed by atoms with E-state index in [4.69, 9.17) is 10.5 Å². The molecule has 2 N–H and O–H groups in total. The molecule has 1 aliphatic rings. The van der Waals surface area contributed by atoms with E-state index in [0.717, 1.165) is 18.8 Å². The van der Waals surface area contributed by atoms with Gasteiger partial charge in [-0.05, 0) is 49.8 Å². The number of nitrogen functional groups attached to an aromatic ring is 1. The van der Waals surface area contributed by atoms with Crippen LogP contribution in [0.3, 0.4) is 0 Å². The molecule has 1 aliphatic carbocycles. The van der Waals surface area contributed by atoms with Gasteiger partial charge in [0.1, 0.15) is 5.75 Å². The number of methoxy groups -OCH3 is 1. The molecule has 1 amide bonds. The summed E-state index contributed by atoms with van der Waals surface area (Å²) in [5, 5.41) is 0. The van der Waals surface area contributed by atoms with Gasteiger partial charge in [0, 0.05) is 18.7 Å². The van der Waals surface area contributed by atoms with Gasteiger partial charge in [0.25, 0.3) is 5.91 Å². The van der Waals surface area contributed by atoms with Crippen LogP contribution < -0.4 is 10.5 Å². The number of rotatable bonds is 4. The van der Waals surface area contributed by atoms with E-state index in [-0.39, 0.29) is 5.91 Å². The van der Waals surface area contributed by atoms with Crippen LogP contribution in [-0.4, -0.2) is 31.0 Å². The van der Waals surface area contributed by atoms with Gasteiger partial charge in [0.15, 0.2) is 0 Å². The Labute approximate surface area is 127 Å². The zero-order valence-corrected chi connectivity index (χ0v) is 13.3. The van der Waals surface area contributed by atoms with Crippen LogP contribution in [0.4, 0.5) is 5.69 Å². The fraction of sp³-hybridized carbons (Fsp3) is 0.588. The van der Waals surface area contributed by atoms with Crippen molar-refractivity contribution < 1.29 is 9.53 Å². The molecule has 2 rings (SSSR count). The average molecular weight is 290 g/mol. The molecule has 0 unspecified atom stereocenters. The number of carbonyl (C=O) groups is 1. The highest BCUT2D eigenvalue weighted by Gasteiger charge is 2.26. The molecule has 0 aliphatic heterocycles. The summed E-state index contributed by atoms with van der Waals surface area (Å²) in [6.07, 6.45) is 5.91. The smallest absolute Gasteiger partial charge is 0.253 e. The molecule has 0 spiro atoms. The lowest BCUT2D eigenvalue weighted by Crippen LogP contribution is -2.39. The Kier molecular flexibility index (Phi) is 5.10. The quantitative estimate of drug-likeness (QED) is 0.865. The van der Waals surface area contributed by atoms with Crippen molar-refractivity contribution in [2.45, 2.75) is 45.1 Å². The van der Waals surface area contributed by atoms with Gasteiger partial charge in [-0.3, -0.25) is 4.79 Å². The number of hydrogen-bond donors (Lipinski definition) is 1. The molecule has 0 bridgehead atoms. The van der Waals surface area contributed by atoms with Crippen molar-refractivity contribution in [2.75, 3.05) is 19.9 Å². The lowest BCUT2D eigenvalue weighted by Gasteiger charge is -2.34. The molecule has 4 heteroatoms. The number of nitrogens with two attached hydrogens (primary N) is 1. The Morgan fingerprint density at radius 3 is 2.52 bits per heavy atom. The van der Waals surface area contributed by atoms with Crippen molar-refractivity contribution in [3.63, 3.8) is 0 Å². The van der Waals surface area contributed by atoms with Crippen molar-refractivity contribution in [1.29, 1.82) is 0 Å². The van der Waals surface area contributed by atoms with Crippen molar-refractivity contribution in [2.24, 2.45) is 5.92 Å². The zero-order valence-electron chi connectivity index (χ0n) is 13.3. The van der Waals surface area contributed by atoms with Gasteiger partial charge in [0.05, 0.1) is 12.8 Å². The Morgan fingerprint density at radius 1 is 1.33 bits per heavy atom. The molecule has 0 aromatic heterocycles. The summed E-state index contributed by atoms with van der Waals surface area (Å²) in [6, 6.07) is 5.59. The van der Waals surface area contributed by atoms with Gasteiger partial charge < -0.3 is 15.4 Å². The largest absolute Gasteiger partial charge is 0.495 e. The number of benzene rings is 1. The predicted molar refractivity (Wildman–Crippen MR) is 85.5 cm³/mol. The second-order valence-electron chi connectivity index (χ2n) is 5.96. The van der Waals surface area contributed by atoms with Crippen LogP contribution in [0.2, 0.25) is 0 Å². The van der Waals surface area contributed by atoms with Crippen molar-refractivity contribution in [3.05, 3.63) is 23.8 Å². The Morgan fingerprint density at radius 2 is 2.00 bits per heavy atom. The molecule has 0 atom stereocenters. The van der Waals surface area contributed by atoms with Crippen LogP contribution in [-0.2, 0) is 0 Å². The highest BCUT2D eigenvalue weighted by atomic mass is 16.5. The third-order valence-corrected chi connectivity index (χ3v) is 4.74. The third kappa shape index (κ3) is 3.49. The molecular weight excluding hydrogens is 264 g/mol. The van der Waals surface area contributed by atoms with E-state index in [1.165, 1.54) is 19.3 Å². The maximum atomic E-state index is 12.6. The van der Waals surface area contributed by atoms with Gasteiger partial charge in [-0.2, -0.15) is 0 Å². The highest BCUT2D eigenvalue weighted by Crippen LogP contribution is 2.30.